The van der Waals surface area contributed by atoms with Crippen molar-refractivity contribution in [3.8, 4) is 5.75 Å². The van der Waals surface area contributed by atoms with Crippen LogP contribution in [0.2, 0.25) is 0 Å². The number of non-ortho nitro benzene ring substituents is 1. The van der Waals surface area contributed by atoms with Crippen LogP contribution in [0.25, 0.3) is 10.1 Å². The van der Waals surface area contributed by atoms with E-state index in [0.29, 0.717) is 21.6 Å². The molecule has 3 rings (SSSR count). The minimum Gasteiger partial charge on any atom is -0.482 e. The molecule has 0 bridgehead atoms. The van der Waals surface area contributed by atoms with E-state index in [1.54, 1.807) is 36.4 Å². The van der Waals surface area contributed by atoms with Crippen molar-refractivity contribution in [1.82, 2.24) is 5.43 Å². The largest absolute Gasteiger partial charge is 0.482 e. The number of aliphatic carboxylic acids is 1. The number of carboxylic acids is 1. The van der Waals surface area contributed by atoms with Crippen LogP contribution in [0.5, 0.6) is 5.75 Å². The number of amides is 1. The lowest BCUT2D eigenvalue weighted by Crippen LogP contribution is -2.16. The van der Waals surface area contributed by atoms with E-state index in [1.807, 2.05) is 0 Å². The van der Waals surface area contributed by atoms with Crippen molar-refractivity contribution in [2.75, 3.05) is 6.61 Å². The third-order valence-corrected chi connectivity index (χ3v) is 4.67. The number of nitro groups is 1. The summed E-state index contributed by atoms with van der Waals surface area (Å²) in [4.78, 5) is 33.4. The van der Waals surface area contributed by atoms with E-state index in [2.05, 4.69) is 10.5 Å². The van der Waals surface area contributed by atoms with Gasteiger partial charge < -0.3 is 9.84 Å². The second-order valence-corrected chi connectivity index (χ2v) is 6.62. The molecule has 0 aliphatic rings. The van der Waals surface area contributed by atoms with Gasteiger partial charge in [0.05, 0.1) is 16.0 Å². The summed E-state index contributed by atoms with van der Waals surface area (Å²) in [7, 11) is 0. The van der Waals surface area contributed by atoms with Crippen LogP contribution in [0.15, 0.2) is 53.6 Å². The molecule has 9 nitrogen and oxygen atoms in total. The molecule has 0 fully saturated rings. The van der Waals surface area contributed by atoms with Gasteiger partial charge in [-0.05, 0) is 42.0 Å². The van der Waals surface area contributed by atoms with Gasteiger partial charge in [0.2, 0.25) is 0 Å². The first-order chi connectivity index (χ1) is 13.4. The Bertz CT molecular complexity index is 1070. The van der Waals surface area contributed by atoms with Crippen molar-refractivity contribution in [1.29, 1.82) is 0 Å². The Morgan fingerprint density at radius 2 is 1.96 bits per heavy atom. The molecule has 0 aliphatic heterocycles. The van der Waals surface area contributed by atoms with Crippen molar-refractivity contribution >= 4 is 45.2 Å². The molecule has 0 saturated carbocycles. The number of hydrogen-bond donors (Lipinski definition) is 2. The Morgan fingerprint density at radius 1 is 1.21 bits per heavy atom. The lowest BCUT2D eigenvalue weighted by Gasteiger charge is -2.02. The van der Waals surface area contributed by atoms with E-state index in [0.717, 1.165) is 4.70 Å². The Morgan fingerprint density at radius 3 is 2.64 bits per heavy atom. The molecule has 1 amide bonds. The number of benzene rings is 2. The number of carbonyl (C=O) groups excluding carboxylic acids is 1. The number of carboxylic acid groups (broad SMARTS) is 1. The van der Waals surface area contributed by atoms with E-state index in [9.17, 15) is 19.7 Å². The van der Waals surface area contributed by atoms with Crippen molar-refractivity contribution < 1.29 is 24.4 Å². The van der Waals surface area contributed by atoms with Gasteiger partial charge in [-0.2, -0.15) is 5.10 Å². The molecule has 1 heterocycles. The number of nitrogens with zero attached hydrogens (tertiary/aromatic N) is 2. The molecule has 28 heavy (non-hydrogen) atoms. The van der Waals surface area contributed by atoms with Crippen molar-refractivity contribution in [3.63, 3.8) is 0 Å². The molecular formula is C18H13N3O6S. The summed E-state index contributed by atoms with van der Waals surface area (Å²) < 4.78 is 5.78. The zero-order chi connectivity index (χ0) is 20.1. The molecule has 0 atom stereocenters. The summed E-state index contributed by atoms with van der Waals surface area (Å²) in [6.07, 6.45) is 1.43. The molecule has 3 aromatic rings. The van der Waals surface area contributed by atoms with Gasteiger partial charge in [0, 0.05) is 22.2 Å². The van der Waals surface area contributed by atoms with E-state index >= 15 is 0 Å². The number of nitro benzene ring substituents is 1. The Balaban J connectivity index is 1.62. The fourth-order valence-corrected chi connectivity index (χ4v) is 3.20. The van der Waals surface area contributed by atoms with E-state index in [4.69, 9.17) is 9.84 Å². The van der Waals surface area contributed by atoms with Crippen LogP contribution in [-0.4, -0.2) is 34.7 Å². The van der Waals surface area contributed by atoms with E-state index < -0.39 is 23.4 Å². The maximum atomic E-state index is 12.2. The molecule has 0 radical (unpaired) electrons. The van der Waals surface area contributed by atoms with Gasteiger partial charge in [0.25, 0.3) is 11.6 Å². The molecule has 0 saturated heterocycles. The van der Waals surface area contributed by atoms with Crippen LogP contribution in [-0.2, 0) is 4.79 Å². The molecule has 1 aromatic heterocycles. The highest BCUT2D eigenvalue weighted by molar-refractivity contribution is 7.20. The van der Waals surface area contributed by atoms with Gasteiger partial charge in [-0.1, -0.05) is 0 Å². The van der Waals surface area contributed by atoms with Gasteiger partial charge in [-0.25, -0.2) is 10.2 Å². The minimum absolute atomic E-state index is 0.0361. The van der Waals surface area contributed by atoms with Crippen LogP contribution in [0.1, 0.15) is 15.2 Å². The first kappa shape index (κ1) is 19.0. The summed E-state index contributed by atoms with van der Waals surface area (Å²) >= 11 is 1.21. The van der Waals surface area contributed by atoms with Crippen LogP contribution in [0.4, 0.5) is 5.69 Å². The fourth-order valence-electron chi connectivity index (χ4n) is 2.27. The standard InChI is InChI=1S/C18H13N3O6S/c22-17(23)10-27-14-4-1-11(2-5-14)9-19-20-18(24)16-8-12-7-13(21(25)26)3-6-15(12)28-16/h1-9H,10H2,(H,20,24)(H,22,23). The highest BCUT2D eigenvalue weighted by Gasteiger charge is 2.12. The monoisotopic (exact) mass is 399 g/mol. The summed E-state index contributed by atoms with van der Waals surface area (Å²) in [6, 6.07) is 12.5. The van der Waals surface area contributed by atoms with Gasteiger partial charge in [0.15, 0.2) is 6.61 Å². The lowest BCUT2D eigenvalue weighted by atomic mass is 10.2. The number of hydrogen-bond acceptors (Lipinski definition) is 7. The number of carbonyl (C=O) groups is 2. The highest BCUT2D eigenvalue weighted by atomic mass is 32.1. The van der Waals surface area contributed by atoms with Crippen LogP contribution in [0.3, 0.4) is 0 Å². The van der Waals surface area contributed by atoms with Crippen molar-refractivity contribution in [2.24, 2.45) is 5.10 Å². The Kier molecular flexibility index (Phi) is 5.61. The maximum Gasteiger partial charge on any atom is 0.341 e. The number of nitrogens with one attached hydrogen (secondary N) is 1. The maximum absolute atomic E-state index is 12.2. The predicted octanol–water partition coefficient (Wildman–Crippen LogP) is 3.04. The van der Waals surface area contributed by atoms with Crippen LogP contribution >= 0.6 is 11.3 Å². The first-order valence-electron chi connectivity index (χ1n) is 7.88. The van der Waals surface area contributed by atoms with E-state index in [1.165, 1.54) is 29.7 Å². The summed E-state index contributed by atoms with van der Waals surface area (Å²) in [5.74, 6) is -1.09. The molecule has 0 unspecified atom stereocenters. The van der Waals surface area contributed by atoms with Crippen LogP contribution < -0.4 is 10.2 Å². The number of fused-ring (bicyclic) bond motifs is 1. The predicted molar refractivity (Wildman–Crippen MR) is 103 cm³/mol. The Labute approximate surface area is 162 Å². The number of rotatable bonds is 7. The van der Waals surface area contributed by atoms with Crippen LogP contribution in [0, 0.1) is 10.1 Å². The topological polar surface area (TPSA) is 131 Å². The molecule has 0 aliphatic carbocycles. The smallest absolute Gasteiger partial charge is 0.341 e. The summed E-state index contributed by atoms with van der Waals surface area (Å²) in [5.41, 5.74) is 3.04. The Hall–Kier alpha value is -3.79. The van der Waals surface area contributed by atoms with Gasteiger partial charge >= 0.3 is 5.97 Å². The highest BCUT2D eigenvalue weighted by Crippen LogP contribution is 2.28. The van der Waals surface area contributed by atoms with Crippen molar-refractivity contribution in [3.05, 3.63) is 69.1 Å². The second kappa shape index (κ2) is 8.27. The first-order valence-corrected chi connectivity index (χ1v) is 8.70. The van der Waals surface area contributed by atoms with Crippen molar-refractivity contribution in [2.45, 2.75) is 0 Å². The average molecular weight is 399 g/mol. The number of ether oxygens (including phenoxy) is 1. The molecule has 2 N–H and O–H groups in total. The molecule has 2 aromatic carbocycles. The lowest BCUT2D eigenvalue weighted by molar-refractivity contribution is -0.384. The quantitative estimate of drug-likeness (QED) is 0.357. The zero-order valence-electron chi connectivity index (χ0n) is 14.2. The van der Waals surface area contributed by atoms with Gasteiger partial charge in [0.1, 0.15) is 5.75 Å². The SMILES string of the molecule is O=C(O)COc1ccc(C=NNC(=O)c2cc3cc([N+](=O)[O-])ccc3s2)cc1. The third kappa shape index (κ3) is 4.68. The number of hydrazone groups is 1. The third-order valence-electron chi connectivity index (χ3n) is 3.56. The number of thiophene rings is 1. The average Bonchev–Trinajstić information content (AvgIpc) is 3.10. The second-order valence-electron chi connectivity index (χ2n) is 5.54. The normalized spacial score (nSPS) is 10.9. The van der Waals surface area contributed by atoms with Gasteiger partial charge in [-0.15, -0.1) is 11.3 Å². The van der Waals surface area contributed by atoms with E-state index in [-0.39, 0.29) is 5.69 Å². The zero-order valence-corrected chi connectivity index (χ0v) is 15.0. The summed E-state index contributed by atoms with van der Waals surface area (Å²) in [6.45, 7) is -0.429. The molecule has 10 heteroatoms. The minimum atomic E-state index is -1.07. The fraction of sp³-hybridized carbons (Fsp3) is 0.0556. The molecule has 0 spiro atoms. The van der Waals surface area contributed by atoms with Gasteiger partial charge in [-0.3, -0.25) is 14.9 Å². The summed E-state index contributed by atoms with van der Waals surface area (Å²) in [5, 5.41) is 23.9. The molecule has 142 valence electrons. The molecular weight excluding hydrogens is 386 g/mol.